The molecule has 3 aromatic heterocycles. The van der Waals surface area contributed by atoms with E-state index in [2.05, 4.69) is 255 Å². The lowest BCUT2D eigenvalue weighted by Crippen LogP contribution is -2.59. The zero-order valence-corrected chi connectivity index (χ0v) is 44.6. The Morgan fingerprint density at radius 2 is 1.04 bits per heavy atom. The quantitative estimate of drug-likeness (QED) is 0.164. The van der Waals surface area contributed by atoms with Crippen LogP contribution in [-0.4, -0.2) is 11.4 Å². The number of thiophene rings is 1. The molecule has 0 bridgehead atoms. The molecule has 0 saturated heterocycles. The van der Waals surface area contributed by atoms with Crippen molar-refractivity contribution < 1.29 is 4.42 Å². The average molecular weight is 956 g/mol. The van der Waals surface area contributed by atoms with E-state index in [4.69, 9.17) is 4.42 Å². The van der Waals surface area contributed by atoms with Gasteiger partial charge in [0.15, 0.2) is 0 Å². The van der Waals surface area contributed by atoms with Gasteiger partial charge < -0.3 is 18.7 Å². The molecule has 0 aliphatic carbocycles. The van der Waals surface area contributed by atoms with E-state index in [1.807, 2.05) is 11.3 Å². The summed E-state index contributed by atoms with van der Waals surface area (Å²) in [6.45, 7) is 27.6. The zero-order valence-electron chi connectivity index (χ0n) is 43.7. The molecule has 8 aromatic carbocycles. The van der Waals surface area contributed by atoms with Crippen molar-refractivity contribution in [3.63, 3.8) is 0 Å². The minimum absolute atomic E-state index is 0.0157. The van der Waals surface area contributed by atoms with E-state index in [1.54, 1.807) is 0 Å². The highest BCUT2D eigenvalue weighted by Crippen LogP contribution is 2.50. The summed E-state index contributed by atoms with van der Waals surface area (Å²) in [4.78, 5) is 5.12. The lowest BCUT2D eigenvalue weighted by molar-refractivity contribution is 0.590. The smallest absolute Gasteiger partial charge is 0.343 e. The third kappa shape index (κ3) is 6.78. The topological polar surface area (TPSA) is 24.6 Å². The highest BCUT2D eigenvalue weighted by atomic mass is 32.1. The Labute approximate surface area is 428 Å². The molecule has 5 heterocycles. The van der Waals surface area contributed by atoms with Crippen molar-refractivity contribution >= 4 is 111 Å². The summed E-state index contributed by atoms with van der Waals surface area (Å²) in [7, 11) is 0. The molecule has 2 aliphatic heterocycles. The predicted octanol–water partition coefficient (Wildman–Crippen LogP) is 17.8. The molecule has 356 valence electrons. The maximum atomic E-state index is 6.64. The number of para-hydroxylation sites is 1. The summed E-state index contributed by atoms with van der Waals surface area (Å²) in [5, 5.41) is 6.05. The molecule has 0 radical (unpaired) electrons. The first-order valence-corrected chi connectivity index (χ1v) is 26.6. The fraction of sp³-hybridized carbons (Fsp3) is 0.242. The number of rotatable bonds is 4. The number of nitrogens with zero attached hydrogens (tertiary/aromatic N) is 3. The highest BCUT2D eigenvalue weighted by Gasteiger charge is 2.46. The van der Waals surface area contributed by atoms with Gasteiger partial charge in [0.25, 0.3) is 0 Å². The van der Waals surface area contributed by atoms with Crippen molar-refractivity contribution in [2.24, 2.45) is 0 Å². The maximum Gasteiger partial charge on any atom is 0.343 e. The van der Waals surface area contributed by atoms with Crippen LogP contribution in [0.25, 0.3) is 70.6 Å². The molecule has 0 fully saturated rings. The highest BCUT2D eigenvalue weighted by molar-refractivity contribution is 7.32. The second-order valence-electron chi connectivity index (χ2n) is 24.7. The van der Waals surface area contributed by atoms with E-state index >= 15 is 0 Å². The second-order valence-corrected chi connectivity index (χ2v) is 25.8. The first-order valence-electron chi connectivity index (χ1n) is 25.8. The number of fused-ring (bicyclic) bond motifs is 13. The van der Waals surface area contributed by atoms with Gasteiger partial charge in [0.2, 0.25) is 0 Å². The predicted molar refractivity (Wildman–Crippen MR) is 312 cm³/mol. The van der Waals surface area contributed by atoms with Crippen molar-refractivity contribution in [1.82, 2.24) is 4.57 Å². The molecule has 0 saturated carbocycles. The molecule has 4 nitrogen and oxygen atoms in total. The molecular weight excluding hydrogens is 894 g/mol. The van der Waals surface area contributed by atoms with E-state index in [-0.39, 0.29) is 28.5 Å². The molecule has 72 heavy (non-hydrogen) atoms. The Balaban J connectivity index is 1.13. The molecular formula is C66H62BN3OS. The van der Waals surface area contributed by atoms with Gasteiger partial charge in [0.05, 0.1) is 16.7 Å². The fourth-order valence-corrected chi connectivity index (χ4v) is 13.0. The Morgan fingerprint density at radius 1 is 0.458 bits per heavy atom. The van der Waals surface area contributed by atoms with Crippen molar-refractivity contribution in [3.8, 4) is 16.8 Å². The molecule has 0 spiro atoms. The Kier molecular flexibility index (Phi) is 9.51. The Morgan fingerprint density at radius 3 is 1.67 bits per heavy atom. The molecule has 0 atom stereocenters. The van der Waals surface area contributed by atoms with Crippen LogP contribution in [0, 0.1) is 0 Å². The van der Waals surface area contributed by atoms with E-state index in [9.17, 15) is 0 Å². The van der Waals surface area contributed by atoms with Crippen molar-refractivity contribution in [3.05, 3.63) is 180 Å². The van der Waals surface area contributed by atoms with Crippen LogP contribution in [0.5, 0.6) is 0 Å². The molecule has 0 unspecified atom stereocenters. The largest absolute Gasteiger partial charge is 0.456 e. The summed E-state index contributed by atoms with van der Waals surface area (Å²) in [6, 6.07) is 60.4. The summed E-state index contributed by atoms with van der Waals surface area (Å²) in [6.07, 6.45) is 0. The van der Waals surface area contributed by atoms with Gasteiger partial charge in [-0.1, -0.05) is 156 Å². The maximum absolute atomic E-state index is 6.64. The molecule has 0 amide bonds. The molecule has 6 heteroatoms. The van der Waals surface area contributed by atoms with Gasteiger partial charge in [-0.05, 0) is 140 Å². The molecule has 0 N–H and O–H groups in total. The monoisotopic (exact) mass is 955 g/mol. The van der Waals surface area contributed by atoms with E-state index in [0.29, 0.717) is 0 Å². The van der Waals surface area contributed by atoms with Gasteiger partial charge in [-0.2, -0.15) is 0 Å². The average Bonchev–Trinajstić information content (AvgIpc) is 4.01. The Bertz CT molecular complexity index is 3950. The number of anilines is 5. The number of hydrogen-bond acceptors (Lipinski definition) is 4. The summed E-state index contributed by atoms with van der Waals surface area (Å²) in [5.74, 6) is 0. The van der Waals surface area contributed by atoms with Crippen LogP contribution in [0.3, 0.4) is 0 Å². The third-order valence-electron chi connectivity index (χ3n) is 15.8. The van der Waals surface area contributed by atoms with Gasteiger partial charge in [0.1, 0.15) is 11.2 Å². The van der Waals surface area contributed by atoms with Crippen LogP contribution in [0.15, 0.2) is 162 Å². The van der Waals surface area contributed by atoms with E-state index < -0.39 is 0 Å². The number of furan rings is 1. The standard InChI is InChI=1S/C66H62BN3OS/c1-63(2,3)39-17-24-43(25-18-39)68(44-26-19-40(20-27-44)64(4,5)6)46-30-33-54-50(36-46)48-31-32-49-51-38-57-52(47-15-13-14-16-56(47)71-57)37-55(51)69-60(49)59(48)67(70(54)45-28-21-41(22-29-45)65(7,8)9)62-61(69)53-35-42(66(10,11)12)23-34-58(53)72-62/h13-38H,1-12H3. The third-order valence-corrected chi connectivity index (χ3v) is 17.0. The van der Waals surface area contributed by atoms with Gasteiger partial charge in [0, 0.05) is 70.4 Å². The van der Waals surface area contributed by atoms with Gasteiger partial charge in [-0.25, -0.2) is 0 Å². The SMILES string of the molecule is CC(C)(C)c1ccc(N2B3c4sc5ccc(C(C)(C)C)cc5c4-n4c5cc6c(cc5c5ccc(c3c54)-c3cc(N(c4ccc(C(C)(C)C)cc4)c4ccc(C(C)(C)C)cc4)ccc32)oc2ccccc26)cc1. The minimum Gasteiger partial charge on any atom is -0.456 e. The fourth-order valence-electron chi connectivity index (χ4n) is 11.8. The minimum atomic E-state index is -0.0837. The van der Waals surface area contributed by atoms with Crippen LogP contribution in [-0.2, 0) is 21.7 Å². The van der Waals surface area contributed by atoms with Crippen LogP contribution in [0.1, 0.15) is 105 Å². The lowest BCUT2D eigenvalue weighted by atomic mass is 9.47. The molecule has 13 rings (SSSR count). The van der Waals surface area contributed by atoms with Crippen LogP contribution >= 0.6 is 11.3 Å². The van der Waals surface area contributed by atoms with Crippen LogP contribution in [0.2, 0.25) is 0 Å². The van der Waals surface area contributed by atoms with Crippen molar-refractivity contribution in [2.45, 2.75) is 105 Å². The summed E-state index contributed by atoms with van der Waals surface area (Å²) in [5.41, 5.74) is 20.6. The van der Waals surface area contributed by atoms with E-state index in [1.165, 1.54) is 92.6 Å². The summed E-state index contributed by atoms with van der Waals surface area (Å²) < 4.78 is 12.0. The van der Waals surface area contributed by atoms with Crippen LogP contribution < -0.4 is 20.0 Å². The van der Waals surface area contributed by atoms with Crippen molar-refractivity contribution in [1.29, 1.82) is 0 Å². The number of hydrogen-bond donors (Lipinski definition) is 0. The first-order chi connectivity index (χ1) is 34.2. The van der Waals surface area contributed by atoms with Crippen molar-refractivity contribution in [2.75, 3.05) is 9.71 Å². The van der Waals surface area contributed by atoms with Gasteiger partial charge >= 0.3 is 6.85 Å². The second kappa shape index (κ2) is 15.3. The first kappa shape index (κ1) is 44.9. The van der Waals surface area contributed by atoms with E-state index in [0.717, 1.165) is 39.0 Å². The van der Waals surface area contributed by atoms with Crippen LogP contribution in [0.4, 0.5) is 28.4 Å². The van der Waals surface area contributed by atoms with Gasteiger partial charge in [-0.3, -0.25) is 0 Å². The lowest BCUT2D eigenvalue weighted by Gasteiger charge is -2.41. The summed E-state index contributed by atoms with van der Waals surface area (Å²) >= 11 is 1.96. The zero-order chi connectivity index (χ0) is 50.0. The number of aromatic nitrogens is 1. The van der Waals surface area contributed by atoms with Gasteiger partial charge in [-0.15, -0.1) is 11.3 Å². The normalized spacial score (nSPS) is 13.8. The molecule has 2 aliphatic rings. The molecule has 11 aromatic rings. The Hall–Kier alpha value is -7.02. The number of benzene rings is 8.